The molecule has 10 heavy (non-hydrogen) atoms. The predicted molar refractivity (Wildman–Crippen MR) is 50.1 cm³/mol. The van der Waals surface area contributed by atoms with Crippen LogP contribution in [0.5, 0.6) is 0 Å². The van der Waals surface area contributed by atoms with Crippen LogP contribution in [0.3, 0.4) is 0 Å². The Hall–Kier alpha value is -0.520. The number of allylic oxidation sites excluding steroid dienone is 3. The van der Waals surface area contributed by atoms with E-state index in [1.807, 2.05) is 6.92 Å². The molecule has 0 saturated carbocycles. The first-order valence-corrected chi connectivity index (χ1v) is 3.79. The molecular formula is C10H20. The van der Waals surface area contributed by atoms with Crippen LogP contribution in [0.25, 0.3) is 0 Å². The standard InChI is InChI=1S/C7H14.C3H6/c1-5-7(4)6(2)3;1-3-2/h5-6H,1-4H3;3H,1H2,2H3/b7-5+;. The Morgan fingerprint density at radius 3 is 1.60 bits per heavy atom. The fourth-order valence-corrected chi connectivity index (χ4v) is 0.333. The van der Waals surface area contributed by atoms with Crippen molar-refractivity contribution in [1.29, 1.82) is 0 Å². The van der Waals surface area contributed by atoms with E-state index in [0.29, 0.717) is 0 Å². The molecule has 0 unspecified atom stereocenters. The number of rotatable bonds is 1. The summed E-state index contributed by atoms with van der Waals surface area (Å²) in [6.07, 6.45) is 3.91. The molecule has 0 aromatic heterocycles. The molecule has 0 nitrogen and oxygen atoms in total. The Labute approximate surface area is 65.7 Å². The normalized spacial score (nSPS) is 10.4. The molecular weight excluding hydrogens is 120 g/mol. The summed E-state index contributed by atoms with van der Waals surface area (Å²) in [6.45, 7) is 13.9. The third kappa shape index (κ3) is 10.5. The predicted octanol–water partition coefficient (Wildman–Crippen LogP) is 3.80. The highest BCUT2D eigenvalue weighted by Gasteiger charge is 1.90. The van der Waals surface area contributed by atoms with Crippen molar-refractivity contribution in [3.05, 3.63) is 24.3 Å². The van der Waals surface area contributed by atoms with Gasteiger partial charge in [0.2, 0.25) is 0 Å². The fraction of sp³-hybridized carbons (Fsp3) is 0.600. The second-order valence-electron chi connectivity index (χ2n) is 2.60. The molecule has 0 aromatic rings. The van der Waals surface area contributed by atoms with E-state index in [1.54, 1.807) is 6.08 Å². The van der Waals surface area contributed by atoms with Gasteiger partial charge >= 0.3 is 0 Å². The number of hydrogen-bond donors (Lipinski definition) is 0. The monoisotopic (exact) mass is 140 g/mol. The number of hydrogen-bond acceptors (Lipinski definition) is 0. The Morgan fingerprint density at radius 2 is 1.60 bits per heavy atom. The first kappa shape index (κ1) is 12.2. The molecule has 0 atom stereocenters. The van der Waals surface area contributed by atoms with Gasteiger partial charge in [-0.1, -0.05) is 31.6 Å². The zero-order valence-corrected chi connectivity index (χ0v) is 7.94. The van der Waals surface area contributed by atoms with Crippen LogP contribution in [-0.2, 0) is 0 Å². The van der Waals surface area contributed by atoms with Crippen LogP contribution in [-0.4, -0.2) is 0 Å². The molecule has 0 fully saturated rings. The third-order valence-electron chi connectivity index (χ3n) is 1.37. The van der Waals surface area contributed by atoms with E-state index in [-0.39, 0.29) is 0 Å². The lowest BCUT2D eigenvalue weighted by molar-refractivity contribution is 0.767. The molecule has 0 rings (SSSR count). The molecule has 0 amide bonds. The lowest BCUT2D eigenvalue weighted by Gasteiger charge is -2.00. The fourth-order valence-electron chi connectivity index (χ4n) is 0.333. The van der Waals surface area contributed by atoms with Gasteiger partial charge in [0.25, 0.3) is 0 Å². The topological polar surface area (TPSA) is 0 Å². The van der Waals surface area contributed by atoms with E-state index in [4.69, 9.17) is 0 Å². The quantitative estimate of drug-likeness (QED) is 0.486. The van der Waals surface area contributed by atoms with Crippen molar-refractivity contribution in [2.45, 2.75) is 34.6 Å². The van der Waals surface area contributed by atoms with Gasteiger partial charge in [0.05, 0.1) is 0 Å². The van der Waals surface area contributed by atoms with Gasteiger partial charge in [-0.3, -0.25) is 0 Å². The minimum Gasteiger partial charge on any atom is -0.103 e. The molecule has 0 aliphatic carbocycles. The minimum atomic E-state index is 0.727. The van der Waals surface area contributed by atoms with Gasteiger partial charge in [-0.25, -0.2) is 0 Å². The molecule has 0 radical (unpaired) electrons. The van der Waals surface area contributed by atoms with Gasteiger partial charge in [-0.2, -0.15) is 0 Å². The minimum absolute atomic E-state index is 0.727. The van der Waals surface area contributed by atoms with Crippen LogP contribution in [0.4, 0.5) is 0 Å². The van der Waals surface area contributed by atoms with E-state index in [9.17, 15) is 0 Å². The van der Waals surface area contributed by atoms with Gasteiger partial charge < -0.3 is 0 Å². The maximum atomic E-state index is 3.36. The SMILES string of the molecule is C/C=C(\C)C(C)C.C=CC. The highest BCUT2D eigenvalue weighted by Crippen LogP contribution is 2.05. The summed E-state index contributed by atoms with van der Waals surface area (Å²) < 4.78 is 0. The first-order chi connectivity index (χ1) is 4.59. The van der Waals surface area contributed by atoms with Crippen LogP contribution in [0.15, 0.2) is 24.3 Å². The third-order valence-corrected chi connectivity index (χ3v) is 1.37. The summed E-state index contributed by atoms with van der Waals surface area (Å²) in [6, 6.07) is 0. The average molecular weight is 140 g/mol. The Bertz CT molecular complexity index is 96.6. The maximum Gasteiger partial charge on any atom is -0.0263 e. The molecule has 0 heterocycles. The molecule has 0 heteroatoms. The largest absolute Gasteiger partial charge is 0.103 e. The van der Waals surface area contributed by atoms with Crippen molar-refractivity contribution in [3.63, 3.8) is 0 Å². The lowest BCUT2D eigenvalue weighted by Crippen LogP contribution is -1.85. The zero-order valence-electron chi connectivity index (χ0n) is 7.94. The van der Waals surface area contributed by atoms with Crippen molar-refractivity contribution in [2.24, 2.45) is 5.92 Å². The Morgan fingerprint density at radius 1 is 1.30 bits per heavy atom. The van der Waals surface area contributed by atoms with Gasteiger partial charge in [0.1, 0.15) is 0 Å². The van der Waals surface area contributed by atoms with Crippen molar-refractivity contribution < 1.29 is 0 Å². The highest BCUT2D eigenvalue weighted by atomic mass is 14.0. The maximum absolute atomic E-state index is 3.36. The van der Waals surface area contributed by atoms with Crippen LogP contribution < -0.4 is 0 Å². The molecule has 60 valence electrons. The van der Waals surface area contributed by atoms with E-state index in [0.717, 1.165) is 5.92 Å². The van der Waals surface area contributed by atoms with Gasteiger partial charge in [0.15, 0.2) is 0 Å². The van der Waals surface area contributed by atoms with Crippen LogP contribution in [0.2, 0.25) is 0 Å². The summed E-state index contributed by atoms with van der Waals surface area (Å²) in [5, 5.41) is 0. The molecule has 0 N–H and O–H groups in total. The summed E-state index contributed by atoms with van der Waals surface area (Å²) in [4.78, 5) is 0. The molecule has 0 aliphatic heterocycles. The first-order valence-electron chi connectivity index (χ1n) is 3.79. The van der Waals surface area contributed by atoms with Crippen molar-refractivity contribution in [3.8, 4) is 0 Å². The van der Waals surface area contributed by atoms with E-state index in [1.165, 1.54) is 5.57 Å². The molecule has 0 spiro atoms. The van der Waals surface area contributed by atoms with Crippen molar-refractivity contribution >= 4 is 0 Å². The van der Waals surface area contributed by atoms with E-state index in [2.05, 4.69) is 40.3 Å². The molecule has 0 saturated heterocycles. The molecule has 0 bridgehead atoms. The molecule has 0 aliphatic rings. The smallest absolute Gasteiger partial charge is 0.0263 e. The van der Waals surface area contributed by atoms with Crippen LogP contribution in [0, 0.1) is 5.92 Å². The summed E-state index contributed by atoms with van der Waals surface area (Å²) in [5.41, 5.74) is 1.47. The second-order valence-corrected chi connectivity index (χ2v) is 2.60. The highest BCUT2D eigenvalue weighted by molar-refractivity contribution is 4.97. The molecule has 0 aromatic carbocycles. The van der Waals surface area contributed by atoms with E-state index >= 15 is 0 Å². The van der Waals surface area contributed by atoms with Crippen LogP contribution >= 0.6 is 0 Å². The Kier molecular flexibility index (Phi) is 10.3. The lowest BCUT2D eigenvalue weighted by atomic mass is 10.1. The van der Waals surface area contributed by atoms with Crippen molar-refractivity contribution in [1.82, 2.24) is 0 Å². The average Bonchev–Trinajstić information content (AvgIpc) is 1.88. The van der Waals surface area contributed by atoms with Gasteiger partial charge in [-0.05, 0) is 26.7 Å². The van der Waals surface area contributed by atoms with Crippen molar-refractivity contribution in [2.75, 3.05) is 0 Å². The second kappa shape index (κ2) is 8.48. The summed E-state index contributed by atoms with van der Waals surface area (Å²) in [7, 11) is 0. The van der Waals surface area contributed by atoms with E-state index < -0.39 is 0 Å². The van der Waals surface area contributed by atoms with Gasteiger partial charge in [0, 0.05) is 0 Å². The summed E-state index contributed by atoms with van der Waals surface area (Å²) in [5.74, 6) is 0.727. The van der Waals surface area contributed by atoms with Crippen LogP contribution in [0.1, 0.15) is 34.6 Å². The summed E-state index contributed by atoms with van der Waals surface area (Å²) >= 11 is 0. The Balaban J connectivity index is 0. The zero-order chi connectivity index (χ0) is 8.57. The van der Waals surface area contributed by atoms with Gasteiger partial charge in [-0.15, -0.1) is 6.58 Å².